The van der Waals surface area contributed by atoms with Gasteiger partial charge in [-0.15, -0.1) is 0 Å². The predicted octanol–water partition coefficient (Wildman–Crippen LogP) is 3.42. The molecule has 0 bridgehead atoms. The lowest BCUT2D eigenvalue weighted by Crippen LogP contribution is -2.41. The molecule has 2 aliphatic rings. The van der Waals surface area contributed by atoms with Crippen molar-refractivity contribution in [3.63, 3.8) is 0 Å². The molecule has 4 rings (SSSR count). The number of methoxy groups -OCH3 is 1. The van der Waals surface area contributed by atoms with Crippen LogP contribution in [0.15, 0.2) is 36.5 Å². The maximum absolute atomic E-state index is 5.98. The average molecular weight is 413 g/mol. The minimum absolute atomic E-state index is 0.374. The molecule has 6 heteroatoms. The summed E-state index contributed by atoms with van der Waals surface area (Å²) in [5, 5.41) is 7.59. The highest BCUT2D eigenvalue weighted by molar-refractivity contribution is 5.62. The van der Waals surface area contributed by atoms with Gasteiger partial charge < -0.3 is 14.4 Å². The summed E-state index contributed by atoms with van der Waals surface area (Å²) < 4.78 is 11.2. The quantitative estimate of drug-likeness (QED) is 0.648. The Bertz CT molecular complexity index is 737. The summed E-state index contributed by atoms with van der Waals surface area (Å²) in [4.78, 5) is 5.15. The number of piperidine rings is 1. The van der Waals surface area contributed by atoms with E-state index in [1.54, 1.807) is 7.11 Å². The summed E-state index contributed by atoms with van der Waals surface area (Å²) in [6, 6.07) is 10.5. The van der Waals surface area contributed by atoms with Crippen LogP contribution in [0.5, 0.6) is 0 Å². The number of hydrogen-bond donors (Lipinski definition) is 1. The highest BCUT2D eigenvalue weighted by Crippen LogP contribution is 2.25. The minimum Gasteiger partial charge on any atom is -0.383 e. The van der Waals surface area contributed by atoms with Gasteiger partial charge in [0.05, 0.1) is 24.6 Å². The molecule has 0 amide bonds. The van der Waals surface area contributed by atoms with Crippen molar-refractivity contribution in [3.8, 4) is 11.3 Å². The number of nitrogens with zero attached hydrogens (tertiary/aromatic N) is 3. The summed E-state index contributed by atoms with van der Waals surface area (Å²) in [5.41, 5.74) is 3.62. The highest BCUT2D eigenvalue weighted by Gasteiger charge is 2.25. The molecule has 6 nitrogen and oxygen atoms in total. The molecule has 0 aliphatic carbocycles. The number of ether oxygens (including phenoxy) is 2. The van der Waals surface area contributed by atoms with Crippen LogP contribution in [-0.2, 0) is 16.0 Å². The first kappa shape index (κ1) is 21.5. The topological polar surface area (TPSA) is 53.6 Å². The van der Waals surface area contributed by atoms with Crippen molar-refractivity contribution in [2.45, 2.75) is 38.3 Å². The van der Waals surface area contributed by atoms with Gasteiger partial charge in [-0.25, -0.2) is 0 Å². The van der Waals surface area contributed by atoms with Gasteiger partial charge in [-0.2, -0.15) is 5.10 Å². The Kier molecular flexibility index (Phi) is 7.92. The lowest BCUT2D eigenvalue weighted by atomic mass is 9.95. The molecule has 1 aromatic heterocycles. The Labute approximate surface area is 180 Å². The Morgan fingerprint density at radius 3 is 2.73 bits per heavy atom. The number of nitrogens with one attached hydrogen (secondary N) is 1. The molecule has 2 aromatic rings. The van der Waals surface area contributed by atoms with Crippen LogP contribution in [0.2, 0.25) is 0 Å². The Morgan fingerprint density at radius 2 is 2.00 bits per heavy atom. The number of benzene rings is 1. The zero-order valence-electron chi connectivity index (χ0n) is 18.3. The number of H-pyrrole nitrogens is 1. The predicted molar refractivity (Wildman–Crippen MR) is 119 cm³/mol. The maximum atomic E-state index is 5.98. The van der Waals surface area contributed by atoms with Crippen LogP contribution in [0.3, 0.4) is 0 Å². The fraction of sp³-hybridized carbons (Fsp3) is 0.625. The van der Waals surface area contributed by atoms with Crippen molar-refractivity contribution in [1.29, 1.82) is 0 Å². The monoisotopic (exact) mass is 412 g/mol. The molecule has 0 radical (unpaired) electrons. The van der Waals surface area contributed by atoms with Crippen LogP contribution in [0.25, 0.3) is 11.3 Å². The third-order valence-corrected chi connectivity index (χ3v) is 6.50. The lowest BCUT2D eigenvalue weighted by Gasteiger charge is -2.35. The van der Waals surface area contributed by atoms with Gasteiger partial charge in [0.1, 0.15) is 0 Å². The fourth-order valence-corrected chi connectivity index (χ4v) is 4.78. The molecule has 3 heterocycles. The van der Waals surface area contributed by atoms with Crippen molar-refractivity contribution >= 4 is 0 Å². The van der Waals surface area contributed by atoms with E-state index in [9.17, 15) is 0 Å². The number of rotatable bonds is 10. The molecular weight excluding hydrogens is 376 g/mol. The zero-order valence-corrected chi connectivity index (χ0v) is 18.3. The summed E-state index contributed by atoms with van der Waals surface area (Å²) in [6.07, 6.45) is 7.28. The second kappa shape index (κ2) is 11.0. The summed E-state index contributed by atoms with van der Waals surface area (Å²) >= 11 is 0. The summed E-state index contributed by atoms with van der Waals surface area (Å²) in [7, 11) is 1.79. The van der Waals surface area contributed by atoms with Gasteiger partial charge in [0.15, 0.2) is 0 Å². The molecule has 1 unspecified atom stereocenters. The van der Waals surface area contributed by atoms with Gasteiger partial charge in [0, 0.05) is 45.5 Å². The number of aromatic nitrogens is 2. The molecule has 1 atom stereocenters. The Hall–Kier alpha value is -1.73. The van der Waals surface area contributed by atoms with E-state index < -0.39 is 0 Å². The van der Waals surface area contributed by atoms with Gasteiger partial charge >= 0.3 is 0 Å². The normalized spacial score (nSPS) is 20.9. The third-order valence-electron chi connectivity index (χ3n) is 6.50. The third kappa shape index (κ3) is 5.91. The van der Waals surface area contributed by atoms with Crippen molar-refractivity contribution in [2.24, 2.45) is 5.92 Å². The standard InChI is InChI=1S/C24H36N4O2/c1-29-15-13-27-11-9-20(10-12-27)17-28(19-23-8-5-14-30-23)18-22-16-25-26-24(22)21-6-3-2-4-7-21/h2-4,6-7,16,20,23H,5,8-15,17-19H2,1H3,(H,25,26). The molecule has 30 heavy (non-hydrogen) atoms. The van der Waals surface area contributed by atoms with E-state index in [1.165, 1.54) is 49.9 Å². The molecular formula is C24H36N4O2. The van der Waals surface area contributed by atoms with Crippen LogP contribution < -0.4 is 0 Å². The van der Waals surface area contributed by atoms with Crippen LogP contribution in [0.1, 0.15) is 31.2 Å². The van der Waals surface area contributed by atoms with E-state index in [-0.39, 0.29) is 0 Å². The van der Waals surface area contributed by atoms with E-state index in [0.717, 1.165) is 51.0 Å². The molecule has 1 aromatic carbocycles. The number of likely N-dealkylation sites (tertiary alicyclic amines) is 1. The van der Waals surface area contributed by atoms with Gasteiger partial charge in [0.25, 0.3) is 0 Å². The van der Waals surface area contributed by atoms with Crippen molar-refractivity contribution in [1.82, 2.24) is 20.0 Å². The first-order chi connectivity index (χ1) is 14.8. The second-order valence-electron chi connectivity index (χ2n) is 8.74. The van der Waals surface area contributed by atoms with Crippen molar-refractivity contribution in [3.05, 3.63) is 42.1 Å². The van der Waals surface area contributed by atoms with E-state index >= 15 is 0 Å². The fourth-order valence-electron chi connectivity index (χ4n) is 4.78. The van der Waals surface area contributed by atoms with Gasteiger partial charge in [-0.3, -0.25) is 10.00 Å². The second-order valence-corrected chi connectivity index (χ2v) is 8.74. The van der Waals surface area contributed by atoms with Crippen LogP contribution in [0.4, 0.5) is 0 Å². The Morgan fingerprint density at radius 1 is 1.17 bits per heavy atom. The van der Waals surface area contributed by atoms with Crippen LogP contribution in [0, 0.1) is 5.92 Å². The van der Waals surface area contributed by atoms with Crippen LogP contribution in [-0.4, -0.2) is 79.1 Å². The number of hydrogen-bond acceptors (Lipinski definition) is 5. The molecule has 2 saturated heterocycles. The van der Waals surface area contributed by atoms with Crippen molar-refractivity contribution in [2.75, 3.05) is 53.0 Å². The van der Waals surface area contributed by atoms with Gasteiger partial charge in [-0.05, 0) is 50.3 Å². The zero-order chi connectivity index (χ0) is 20.6. The van der Waals surface area contributed by atoms with Crippen LogP contribution >= 0.6 is 0 Å². The lowest BCUT2D eigenvalue weighted by molar-refractivity contribution is 0.0552. The molecule has 2 fully saturated rings. The van der Waals surface area contributed by atoms with E-state index in [4.69, 9.17) is 9.47 Å². The van der Waals surface area contributed by atoms with E-state index in [0.29, 0.717) is 6.10 Å². The first-order valence-electron chi connectivity index (χ1n) is 11.4. The van der Waals surface area contributed by atoms with Gasteiger partial charge in [0.2, 0.25) is 0 Å². The Balaban J connectivity index is 1.39. The average Bonchev–Trinajstić information content (AvgIpc) is 3.46. The largest absolute Gasteiger partial charge is 0.383 e. The summed E-state index contributed by atoms with van der Waals surface area (Å²) in [6.45, 7) is 8.24. The SMILES string of the molecule is COCCN1CCC(CN(Cc2cn[nH]c2-c2ccccc2)CC2CCCO2)CC1. The molecule has 1 N–H and O–H groups in total. The molecule has 0 saturated carbocycles. The van der Waals surface area contributed by atoms with E-state index in [1.807, 2.05) is 6.20 Å². The maximum Gasteiger partial charge on any atom is 0.0702 e. The smallest absolute Gasteiger partial charge is 0.0702 e. The summed E-state index contributed by atoms with van der Waals surface area (Å²) in [5.74, 6) is 0.747. The molecule has 164 valence electrons. The first-order valence-corrected chi connectivity index (χ1v) is 11.4. The number of aromatic amines is 1. The highest BCUT2D eigenvalue weighted by atomic mass is 16.5. The van der Waals surface area contributed by atoms with Crippen molar-refractivity contribution < 1.29 is 9.47 Å². The van der Waals surface area contributed by atoms with E-state index in [2.05, 4.69) is 50.3 Å². The molecule has 2 aliphatic heterocycles. The molecule has 0 spiro atoms. The van der Waals surface area contributed by atoms with Gasteiger partial charge in [-0.1, -0.05) is 30.3 Å². The minimum atomic E-state index is 0.374.